The van der Waals surface area contributed by atoms with Gasteiger partial charge in [-0.05, 0) is 50.8 Å². The molecule has 1 saturated carbocycles. The summed E-state index contributed by atoms with van der Waals surface area (Å²) in [6.45, 7) is 3.45. The van der Waals surface area contributed by atoms with Crippen LogP contribution in [0.5, 0.6) is 5.75 Å². The van der Waals surface area contributed by atoms with Crippen molar-refractivity contribution in [3.05, 3.63) is 39.7 Å². The number of nitrogens with zero attached hydrogens (tertiary/aromatic N) is 1. The van der Waals surface area contributed by atoms with E-state index < -0.39 is 15.5 Å². The quantitative estimate of drug-likeness (QED) is 0.706. The van der Waals surface area contributed by atoms with Gasteiger partial charge in [0, 0.05) is 29.1 Å². The standard InChI is InChI=1S/C20H23NO6S/c1-12-9-19(23)27-20-13(2)17(6-5-16(12)20)26-10-18(22)21(14-3-4-14)15-7-8-28(24,25)11-15/h5-6,9,14-15H,3-4,7-8,10-11H2,1-2H3/t15-/m0/s1. The van der Waals surface area contributed by atoms with Gasteiger partial charge in [0.25, 0.3) is 5.91 Å². The largest absolute Gasteiger partial charge is 0.483 e. The Morgan fingerprint density at radius 2 is 1.96 bits per heavy atom. The molecular formula is C20H23NO6S. The molecule has 2 aliphatic rings. The first kappa shape index (κ1) is 19.0. The molecular weight excluding hydrogens is 382 g/mol. The molecule has 0 N–H and O–H groups in total. The van der Waals surface area contributed by atoms with Gasteiger partial charge in [0.05, 0.1) is 11.5 Å². The fourth-order valence-corrected chi connectivity index (χ4v) is 5.63. The Hall–Kier alpha value is -2.35. The number of aryl methyl sites for hydroxylation is 2. The van der Waals surface area contributed by atoms with Gasteiger partial charge in [0.2, 0.25) is 0 Å². The van der Waals surface area contributed by atoms with Crippen LogP contribution in [0.2, 0.25) is 0 Å². The van der Waals surface area contributed by atoms with E-state index in [9.17, 15) is 18.0 Å². The Bertz CT molecular complexity index is 1100. The van der Waals surface area contributed by atoms with Gasteiger partial charge in [-0.1, -0.05) is 0 Å². The zero-order chi connectivity index (χ0) is 20.1. The van der Waals surface area contributed by atoms with E-state index in [1.54, 1.807) is 17.9 Å². The molecule has 1 atom stereocenters. The van der Waals surface area contributed by atoms with E-state index in [-0.39, 0.29) is 36.1 Å². The highest BCUT2D eigenvalue weighted by Gasteiger charge is 2.42. The highest BCUT2D eigenvalue weighted by Crippen LogP contribution is 2.33. The van der Waals surface area contributed by atoms with Crippen molar-refractivity contribution in [2.45, 2.75) is 45.2 Å². The molecule has 1 saturated heterocycles. The number of hydrogen-bond acceptors (Lipinski definition) is 6. The molecule has 0 unspecified atom stereocenters. The second kappa shape index (κ2) is 6.92. The Morgan fingerprint density at radius 3 is 2.61 bits per heavy atom. The highest BCUT2D eigenvalue weighted by atomic mass is 32.2. The van der Waals surface area contributed by atoms with Gasteiger partial charge in [-0.3, -0.25) is 4.79 Å². The van der Waals surface area contributed by atoms with Crippen LogP contribution < -0.4 is 10.4 Å². The summed E-state index contributed by atoms with van der Waals surface area (Å²) in [5.74, 6) is 0.450. The third-order valence-electron chi connectivity index (χ3n) is 5.50. The van der Waals surface area contributed by atoms with E-state index in [4.69, 9.17) is 9.15 Å². The minimum atomic E-state index is -3.06. The topological polar surface area (TPSA) is 93.9 Å². The first-order valence-corrected chi connectivity index (χ1v) is 11.3. The van der Waals surface area contributed by atoms with Crippen LogP contribution in [0, 0.1) is 13.8 Å². The summed E-state index contributed by atoms with van der Waals surface area (Å²) >= 11 is 0. The minimum absolute atomic E-state index is 0.0364. The number of ether oxygens (including phenoxy) is 1. The van der Waals surface area contributed by atoms with Crippen LogP contribution in [0.15, 0.2) is 27.4 Å². The molecule has 1 aliphatic heterocycles. The monoisotopic (exact) mass is 405 g/mol. The summed E-state index contributed by atoms with van der Waals surface area (Å²) in [5, 5.41) is 0.826. The molecule has 7 nitrogen and oxygen atoms in total. The molecule has 1 aliphatic carbocycles. The Balaban J connectivity index is 1.53. The predicted molar refractivity (Wildman–Crippen MR) is 104 cm³/mol. The molecule has 1 aromatic heterocycles. The average molecular weight is 405 g/mol. The van der Waals surface area contributed by atoms with E-state index in [0.29, 0.717) is 23.3 Å². The number of sulfone groups is 1. The average Bonchev–Trinajstić information content (AvgIpc) is 3.38. The zero-order valence-electron chi connectivity index (χ0n) is 15.9. The van der Waals surface area contributed by atoms with Crippen molar-refractivity contribution >= 4 is 26.7 Å². The molecule has 0 radical (unpaired) electrons. The molecule has 0 bridgehead atoms. The lowest BCUT2D eigenvalue weighted by molar-refractivity contribution is -0.135. The summed E-state index contributed by atoms with van der Waals surface area (Å²) in [4.78, 5) is 26.2. The molecule has 150 valence electrons. The van der Waals surface area contributed by atoms with Crippen molar-refractivity contribution in [1.29, 1.82) is 0 Å². The lowest BCUT2D eigenvalue weighted by atomic mass is 10.1. The van der Waals surface area contributed by atoms with Gasteiger partial charge in [-0.15, -0.1) is 0 Å². The smallest absolute Gasteiger partial charge is 0.336 e. The normalized spacial score (nSPS) is 21.0. The predicted octanol–water partition coefficient (Wildman–Crippen LogP) is 1.97. The number of rotatable bonds is 5. The number of amides is 1. The Labute approximate surface area is 163 Å². The number of carbonyl (C=O) groups excluding carboxylic acids is 1. The summed E-state index contributed by atoms with van der Waals surface area (Å²) in [6.07, 6.45) is 2.30. The van der Waals surface area contributed by atoms with Gasteiger partial charge in [0.15, 0.2) is 16.4 Å². The third-order valence-corrected chi connectivity index (χ3v) is 7.25. The first-order chi connectivity index (χ1) is 13.2. The lowest BCUT2D eigenvalue weighted by Crippen LogP contribution is -2.45. The fourth-order valence-electron chi connectivity index (χ4n) is 3.92. The second-order valence-corrected chi connectivity index (χ2v) is 9.92. The molecule has 8 heteroatoms. The molecule has 2 heterocycles. The molecule has 2 fully saturated rings. The van der Waals surface area contributed by atoms with Crippen LogP contribution in [0.25, 0.3) is 11.0 Å². The number of fused-ring (bicyclic) bond motifs is 1. The van der Waals surface area contributed by atoms with Gasteiger partial charge >= 0.3 is 5.63 Å². The zero-order valence-corrected chi connectivity index (χ0v) is 16.8. The van der Waals surface area contributed by atoms with Crippen LogP contribution in [-0.4, -0.2) is 49.4 Å². The second-order valence-electron chi connectivity index (χ2n) is 7.69. The van der Waals surface area contributed by atoms with Crippen molar-refractivity contribution < 1.29 is 22.4 Å². The van der Waals surface area contributed by atoms with Crippen LogP contribution in [-0.2, 0) is 14.6 Å². The van der Waals surface area contributed by atoms with Gasteiger partial charge in [-0.2, -0.15) is 0 Å². The van der Waals surface area contributed by atoms with E-state index in [1.165, 1.54) is 6.07 Å². The molecule has 4 rings (SSSR count). The SMILES string of the molecule is Cc1cc(=O)oc2c(C)c(OCC(=O)N(C3CC3)[C@H]3CCS(=O)(=O)C3)ccc12. The van der Waals surface area contributed by atoms with Crippen LogP contribution in [0.1, 0.15) is 30.4 Å². The van der Waals surface area contributed by atoms with Gasteiger partial charge < -0.3 is 14.1 Å². The number of carbonyl (C=O) groups is 1. The highest BCUT2D eigenvalue weighted by molar-refractivity contribution is 7.91. The molecule has 1 amide bonds. The molecule has 1 aromatic carbocycles. The van der Waals surface area contributed by atoms with E-state index in [2.05, 4.69) is 0 Å². The fraction of sp³-hybridized carbons (Fsp3) is 0.500. The maximum absolute atomic E-state index is 12.8. The molecule has 0 spiro atoms. The molecule has 2 aromatic rings. The van der Waals surface area contributed by atoms with Crippen molar-refractivity contribution in [3.63, 3.8) is 0 Å². The number of benzene rings is 1. The van der Waals surface area contributed by atoms with E-state index >= 15 is 0 Å². The van der Waals surface area contributed by atoms with E-state index in [1.807, 2.05) is 13.0 Å². The summed E-state index contributed by atoms with van der Waals surface area (Å²) in [7, 11) is -3.06. The minimum Gasteiger partial charge on any atom is -0.483 e. The van der Waals surface area contributed by atoms with Crippen molar-refractivity contribution in [2.75, 3.05) is 18.1 Å². The van der Waals surface area contributed by atoms with Crippen molar-refractivity contribution in [3.8, 4) is 5.75 Å². The third kappa shape index (κ3) is 3.65. The maximum Gasteiger partial charge on any atom is 0.336 e. The Kier molecular flexibility index (Phi) is 4.69. The Morgan fingerprint density at radius 1 is 1.21 bits per heavy atom. The maximum atomic E-state index is 12.8. The van der Waals surface area contributed by atoms with Crippen LogP contribution in [0.3, 0.4) is 0 Å². The summed E-state index contributed by atoms with van der Waals surface area (Å²) in [6, 6.07) is 4.87. The summed E-state index contributed by atoms with van der Waals surface area (Å²) < 4.78 is 34.7. The molecule has 28 heavy (non-hydrogen) atoms. The van der Waals surface area contributed by atoms with Crippen LogP contribution in [0.4, 0.5) is 0 Å². The van der Waals surface area contributed by atoms with Gasteiger partial charge in [-0.25, -0.2) is 13.2 Å². The number of hydrogen-bond donors (Lipinski definition) is 0. The summed E-state index contributed by atoms with van der Waals surface area (Å²) in [5.41, 5.74) is 1.51. The first-order valence-electron chi connectivity index (χ1n) is 9.43. The van der Waals surface area contributed by atoms with Crippen molar-refractivity contribution in [2.24, 2.45) is 0 Å². The van der Waals surface area contributed by atoms with Gasteiger partial charge in [0.1, 0.15) is 11.3 Å². The van der Waals surface area contributed by atoms with Crippen molar-refractivity contribution in [1.82, 2.24) is 4.90 Å². The van der Waals surface area contributed by atoms with E-state index in [0.717, 1.165) is 23.8 Å². The lowest BCUT2D eigenvalue weighted by Gasteiger charge is -2.28. The van der Waals surface area contributed by atoms with Crippen LogP contribution >= 0.6 is 0 Å².